The van der Waals surface area contributed by atoms with Crippen molar-refractivity contribution in [3.8, 4) is 28.3 Å². The van der Waals surface area contributed by atoms with Gasteiger partial charge in [0.25, 0.3) is 0 Å². The van der Waals surface area contributed by atoms with E-state index < -0.39 is 10.8 Å². The molecule has 30 heavy (non-hydrogen) atoms. The molecule has 0 aliphatic carbocycles. The highest BCUT2D eigenvalue weighted by atomic mass is 35.5. The van der Waals surface area contributed by atoms with Crippen LogP contribution in [0.1, 0.15) is 6.92 Å². The van der Waals surface area contributed by atoms with Crippen LogP contribution < -0.4 is 9.64 Å². The molecule has 0 radical (unpaired) electrons. The van der Waals surface area contributed by atoms with E-state index in [1.807, 2.05) is 25.1 Å². The summed E-state index contributed by atoms with van der Waals surface area (Å²) in [7, 11) is -0.770. The van der Waals surface area contributed by atoms with Gasteiger partial charge < -0.3 is 9.64 Å². The van der Waals surface area contributed by atoms with Gasteiger partial charge in [0.1, 0.15) is 17.3 Å². The van der Waals surface area contributed by atoms with E-state index in [1.165, 1.54) is 0 Å². The van der Waals surface area contributed by atoms with Gasteiger partial charge in [0.15, 0.2) is 0 Å². The first-order valence-electron chi connectivity index (χ1n) is 9.56. The molecule has 0 amide bonds. The van der Waals surface area contributed by atoms with Gasteiger partial charge in [-0.15, -0.1) is 0 Å². The lowest BCUT2D eigenvalue weighted by atomic mass is 10.0. The normalized spacial score (nSPS) is 14.7. The van der Waals surface area contributed by atoms with Crippen LogP contribution in [-0.4, -0.2) is 50.4 Å². The third kappa shape index (κ3) is 4.43. The fraction of sp³-hybridized carbons (Fsp3) is 0.286. The van der Waals surface area contributed by atoms with E-state index in [1.54, 1.807) is 24.7 Å². The van der Waals surface area contributed by atoms with Crippen molar-refractivity contribution in [2.75, 3.05) is 36.1 Å². The first-order valence-corrected chi connectivity index (χ1v) is 11.8. The number of benzene rings is 1. The van der Waals surface area contributed by atoms with E-state index >= 15 is 0 Å². The topological polar surface area (TPSA) is 68.2 Å². The number of anilines is 1. The van der Waals surface area contributed by atoms with Crippen molar-refractivity contribution >= 4 is 39.8 Å². The average Bonchev–Trinajstić information content (AvgIpc) is 2.75. The summed E-state index contributed by atoms with van der Waals surface area (Å²) in [4.78, 5) is 15.8. The van der Waals surface area contributed by atoms with Gasteiger partial charge in [-0.05, 0) is 31.2 Å². The fourth-order valence-electron chi connectivity index (χ4n) is 3.30. The van der Waals surface area contributed by atoms with Crippen LogP contribution in [0.4, 0.5) is 5.82 Å². The van der Waals surface area contributed by atoms with Gasteiger partial charge in [-0.25, -0.2) is 4.98 Å². The number of ether oxygens (including phenoxy) is 1. The van der Waals surface area contributed by atoms with E-state index in [0.29, 0.717) is 58.4 Å². The smallest absolute Gasteiger partial charge is 0.147 e. The van der Waals surface area contributed by atoms with Crippen LogP contribution in [0.5, 0.6) is 5.75 Å². The van der Waals surface area contributed by atoms with Gasteiger partial charge in [-0.1, -0.05) is 23.2 Å². The molecule has 1 fully saturated rings. The molecule has 9 heteroatoms. The van der Waals surface area contributed by atoms with E-state index in [2.05, 4.69) is 9.88 Å². The van der Waals surface area contributed by atoms with Crippen LogP contribution in [0, 0.1) is 0 Å². The second kappa shape index (κ2) is 9.29. The molecule has 2 aromatic heterocycles. The Kier molecular flexibility index (Phi) is 6.51. The molecule has 3 heterocycles. The minimum absolute atomic E-state index is 0.479. The zero-order valence-electron chi connectivity index (χ0n) is 16.3. The Hall–Kier alpha value is -2.22. The molecule has 1 aliphatic rings. The van der Waals surface area contributed by atoms with Crippen molar-refractivity contribution < 1.29 is 8.95 Å². The number of hydrogen-bond acceptors (Lipinski definition) is 6. The highest BCUT2D eigenvalue weighted by molar-refractivity contribution is 7.85. The van der Waals surface area contributed by atoms with Crippen molar-refractivity contribution in [3.63, 3.8) is 0 Å². The predicted octanol–water partition coefficient (Wildman–Crippen LogP) is 4.48. The summed E-state index contributed by atoms with van der Waals surface area (Å²) in [6.07, 6.45) is 4.98. The molecule has 0 saturated carbocycles. The first-order chi connectivity index (χ1) is 14.6. The molecule has 0 N–H and O–H groups in total. The Bertz CT molecular complexity index is 1090. The molecule has 1 aliphatic heterocycles. The minimum Gasteiger partial charge on any atom is -0.494 e. The minimum atomic E-state index is -0.770. The van der Waals surface area contributed by atoms with Gasteiger partial charge >= 0.3 is 0 Å². The summed E-state index contributed by atoms with van der Waals surface area (Å²) in [5, 5.41) is 0.995. The zero-order valence-corrected chi connectivity index (χ0v) is 18.7. The molecular weight excluding hydrogens is 443 g/mol. The molecule has 0 unspecified atom stereocenters. The number of nitrogens with zero attached hydrogens (tertiary/aromatic N) is 4. The maximum atomic E-state index is 11.7. The third-order valence-electron chi connectivity index (χ3n) is 4.80. The first kappa shape index (κ1) is 21.0. The highest BCUT2D eigenvalue weighted by Crippen LogP contribution is 2.38. The Morgan fingerprint density at radius 2 is 1.83 bits per heavy atom. The second-order valence-electron chi connectivity index (χ2n) is 6.69. The van der Waals surface area contributed by atoms with Gasteiger partial charge in [0.05, 0.1) is 28.5 Å². The predicted molar refractivity (Wildman–Crippen MR) is 122 cm³/mol. The summed E-state index contributed by atoms with van der Waals surface area (Å²) in [5.74, 6) is 2.67. The monoisotopic (exact) mass is 462 g/mol. The molecule has 0 spiro atoms. The van der Waals surface area contributed by atoms with Crippen LogP contribution in [-0.2, 0) is 10.8 Å². The van der Waals surface area contributed by atoms with Crippen molar-refractivity contribution in [2.45, 2.75) is 6.92 Å². The summed E-state index contributed by atoms with van der Waals surface area (Å²) in [5.41, 5.74) is 2.71. The second-order valence-corrected chi connectivity index (χ2v) is 9.20. The SMILES string of the molecule is CCOc1ccc(-c2ncc(N3CCS(=O)CC3)nc2-c2ccncc2Cl)c(Cl)c1. The number of rotatable bonds is 5. The van der Waals surface area contributed by atoms with E-state index in [0.717, 1.165) is 16.9 Å². The molecule has 3 aromatic rings. The number of aromatic nitrogens is 3. The third-order valence-corrected chi connectivity index (χ3v) is 6.69. The largest absolute Gasteiger partial charge is 0.494 e. The molecule has 0 bridgehead atoms. The van der Waals surface area contributed by atoms with Crippen molar-refractivity contribution in [1.82, 2.24) is 15.0 Å². The van der Waals surface area contributed by atoms with E-state index in [-0.39, 0.29) is 0 Å². The van der Waals surface area contributed by atoms with Gasteiger partial charge in [0.2, 0.25) is 0 Å². The molecule has 1 saturated heterocycles. The fourth-order valence-corrected chi connectivity index (χ4v) is 4.82. The summed E-state index contributed by atoms with van der Waals surface area (Å²) >= 11 is 13.0. The number of hydrogen-bond donors (Lipinski definition) is 0. The Morgan fingerprint density at radius 3 is 2.53 bits per heavy atom. The summed E-state index contributed by atoms with van der Waals surface area (Å²) < 4.78 is 17.3. The number of pyridine rings is 1. The summed E-state index contributed by atoms with van der Waals surface area (Å²) in [6.45, 7) is 3.83. The van der Waals surface area contributed by atoms with Crippen molar-refractivity contribution in [1.29, 1.82) is 0 Å². The Labute approximate surface area is 187 Å². The summed E-state index contributed by atoms with van der Waals surface area (Å²) in [6, 6.07) is 7.32. The average molecular weight is 463 g/mol. The molecule has 1 aromatic carbocycles. The van der Waals surface area contributed by atoms with E-state index in [4.69, 9.17) is 37.9 Å². The maximum absolute atomic E-state index is 11.7. The molecule has 6 nitrogen and oxygen atoms in total. The molecular formula is C21H20Cl2N4O2S. The van der Waals surface area contributed by atoms with Crippen molar-refractivity contribution in [2.24, 2.45) is 0 Å². The highest BCUT2D eigenvalue weighted by Gasteiger charge is 2.21. The lowest BCUT2D eigenvalue weighted by molar-refractivity contribution is 0.340. The van der Waals surface area contributed by atoms with Crippen LogP contribution >= 0.6 is 23.2 Å². The Balaban J connectivity index is 1.82. The van der Waals surface area contributed by atoms with Gasteiger partial charge in [-0.3, -0.25) is 14.2 Å². The quantitative estimate of drug-likeness (QED) is 0.556. The van der Waals surface area contributed by atoms with E-state index in [9.17, 15) is 4.21 Å². The van der Waals surface area contributed by atoms with Gasteiger partial charge in [0, 0.05) is 58.9 Å². The molecule has 0 atom stereocenters. The van der Waals surface area contributed by atoms with Gasteiger partial charge in [-0.2, -0.15) is 0 Å². The van der Waals surface area contributed by atoms with Crippen LogP contribution in [0.15, 0.2) is 42.9 Å². The Morgan fingerprint density at radius 1 is 1.07 bits per heavy atom. The maximum Gasteiger partial charge on any atom is 0.147 e. The molecule has 4 rings (SSSR count). The van der Waals surface area contributed by atoms with Crippen LogP contribution in [0.3, 0.4) is 0 Å². The number of halogens is 2. The lowest BCUT2D eigenvalue weighted by Gasteiger charge is -2.27. The van der Waals surface area contributed by atoms with Crippen molar-refractivity contribution in [3.05, 3.63) is 52.9 Å². The van der Waals surface area contributed by atoms with Crippen LogP contribution in [0.25, 0.3) is 22.5 Å². The lowest BCUT2D eigenvalue weighted by Crippen LogP contribution is -2.38. The standard InChI is InChI=1S/C21H20Cl2N4O2S/c1-2-29-14-3-4-15(17(22)11-14)20-21(16-5-6-24-12-18(16)23)26-19(13-25-20)27-7-9-30(28)10-8-27/h3-6,11-13H,2,7-10H2,1H3. The molecule has 156 valence electrons. The van der Waals surface area contributed by atoms with Crippen LogP contribution in [0.2, 0.25) is 10.0 Å². The zero-order chi connectivity index (χ0) is 21.1.